The monoisotopic (exact) mass is 402 g/mol. The van der Waals surface area contributed by atoms with Crippen LogP contribution in [0.2, 0.25) is 0 Å². The number of hydrogen-bond acceptors (Lipinski definition) is 3. The average Bonchev–Trinajstić information content (AvgIpc) is 3.35. The normalized spacial score (nSPS) is 16.6. The second kappa shape index (κ2) is 12.3. The zero-order chi connectivity index (χ0) is 18.9. The molecule has 4 heteroatoms. The first-order valence-corrected chi connectivity index (χ1v) is 8.58. The van der Waals surface area contributed by atoms with E-state index in [0.29, 0.717) is 0 Å². The molecule has 2 aliphatic rings. The van der Waals surface area contributed by atoms with Crippen molar-refractivity contribution in [2.45, 2.75) is 0 Å². The molecule has 0 aromatic heterocycles. The standard InChI is InChI=1S/C18H21N2O.C5H5.Fe/c1-19(2)16-11-9-14(17(13-16)20(3)4)10-12-18(21)15-7-5-6-8-15;1-2-4-5-3-1;/h5-13H,1-4H3;1-5H;/q;;+2/b12-10+;;. The Hall–Kier alpha value is -1.25. The Morgan fingerprint density at radius 1 is 0.815 bits per heavy atom. The Labute approximate surface area is 176 Å². The summed E-state index contributed by atoms with van der Waals surface area (Å²) in [6.07, 6.45) is 20.9. The second-order valence-corrected chi connectivity index (χ2v) is 6.37. The third kappa shape index (κ3) is 7.71. The molecule has 0 spiro atoms. The van der Waals surface area contributed by atoms with Gasteiger partial charge in [0, 0.05) is 39.6 Å². The van der Waals surface area contributed by atoms with Crippen LogP contribution in [0.15, 0.2) is 24.3 Å². The molecular formula is C23H26FeN2O+2. The van der Waals surface area contributed by atoms with E-state index in [1.54, 1.807) is 6.08 Å². The zero-order valence-electron chi connectivity index (χ0n) is 16.2. The number of benzene rings is 1. The minimum absolute atomic E-state index is 0. The van der Waals surface area contributed by atoms with Crippen molar-refractivity contribution in [1.82, 2.24) is 0 Å². The molecule has 27 heavy (non-hydrogen) atoms. The van der Waals surface area contributed by atoms with Crippen LogP contribution < -0.4 is 9.80 Å². The van der Waals surface area contributed by atoms with Gasteiger partial charge in [0.25, 0.3) is 0 Å². The van der Waals surface area contributed by atoms with Gasteiger partial charge in [0.2, 0.25) is 0 Å². The molecule has 3 rings (SSSR count). The van der Waals surface area contributed by atoms with Gasteiger partial charge in [-0.15, -0.1) is 0 Å². The van der Waals surface area contributed by atoms with E-state index in [9.17, 15) is 4.79 Å². The molecule has 1 aromatic rings. The fourth-order valence-electron chi connectivity index (χ4n) is 2.46. The fourth-order valence-corrected chi connectivity index (χ4v) is 2.46. The van der Waals surface area contributed by atoms with Gasteiger partial charge in [-0.2, -0.15) is 0 Å². The topological polar surface area (TPSA) is 23.6 Å². The van der Waals surface area contributed by atoms with Crippen LogP contribution in [0.25, 0.3) is 6.08 Å². The molecule has 2 saturated carbocycles. The van der Waals surface area contributed by atoms with Gasteiger partial charge in [0.15, 0.2) is 5.78 Å². The largest absolute Gasteiger partial charge is 2.00 e. The number of carbonyl (C=O) groups is 1. The molecule has 0 atom stereocenters. The van der Waals surface area contributed by atoms with Gasteiger partial charge in [0.05, 0.1) is 5.92 Å². The Kier molecular flexibility index (Phi) is 10.8. The number of rotatable bonds is 5. The minimum atomic E-state index is 0. The number of ketones is 1. The summed E-state index contributed by atoms with van der Waals surface area (Å²) in [5.41, 5.74) is 3.26. The molecule has 10 radical (unpaired) electrons. The summed E-state index contributed by atoms with van der Waals surface area (Å²) in [6, 6.07) is 6.21. The third-order valence-electron chi connectivity index (χ3n) is 3.93. The van der Waals surface area contributed by atoms with E-state index in [4.69, 9.17) is 0 Å². The molecule has 0 bridgehead atoms. The predicted octanol–water partition coefficient (Wildman–Crippen LogP) is 3.83. The summed E-state index contributed by atoms with van der Waals surface area (Å²) in [5.74, 6) is 0.754. The maximum Gasteiger partial charge on any atom is 2.00 e. The van der Waals surface area contributed by atoms with Crippen LogP contribution in [0.3, 0.4) is 0 Å². The number of anilines is 2. The van der Waals surface area contributed by atoms with Crippen LogP contribution in [0, 0.1) is 63.7 Å². The molecule has 0 aliphatic heterocycles. The summed E-state index contributed by atoms with van der Waals surface area (Å²) in [7, 11) is 8.04. The first-order chi connectivity index (χ1) is 12.5. The van der Waals surface area contributed by atoms with E-state index in [-0.39, 0.29) is 22.9 Å². The first-order valence-electron chi connectivity index (χ1n) is 8.58. The number of carbonyl (C=O) groups excluding carboxylic acids is 1. The molecule has 2 aliphatic carbocycles. The van der Waals surface area contributed by atoms with Gasteiger partial charge < -0.3 is 9.80 Å². The van der Waals surface area contributed by atoms with E-state index < -0.39 is 0 Å². The van der Waals surface area contributed by atoms with Gasteiger partial charge in [-0.05, 0) is 87.6 Å². The fraction of sp³-hybridized carbons (Fsp3) is 0.174. The van der Waals surface area contributed by atoms with E-state index >= 15 is 0 Å². The Morgan fingerprint density at radius 3 is 1.85 bits per heavy atom. The van der Waals surface area contributed by atoms with Crippen LogP contribution in [0.5, 0.6) is 0 Å². The smallest absolute Gasteiger partial charge is 0.378 e. The summed E-state index contributed by atoms with van der Waals surface area (Å²) in [6.45, 7) is 0. The van der Waals surface area contributed by atoms with E-state index in [0.717, 1.165) is 22.9 Å². The predicted molar refractivity (Wildman–Crippen MR) is 111 cm³/mol. The minimum Gasteiger partial charge on any atom is -0.378 e. The zero-order valence-corrected chi connectivity index (χ0v) is 17.3. The van der Waals surface area contributed by atoms with Crippen molar-refractivity contribution in [2.24, 2.45) is 0 Å². The molecule has 2 fully saturated rings. The SMILES string of the molecule is CN(C)c1ccc(/C=C/C(=O)[C]2[CH][CH][CH][CH]2)c(N(C)C)c1.[CH]1[CH][CH][CH][CH]1.[Fe+2]. The molecule has 0 unspecified atom stereocenters. The van der Waals surface area contributed by atoms with Crippen molar-refractivity contribution in [1.29, 1.82) is 0 Å². The van der Waals surface area contributed by atoms with Crippen LogP contribution in [0.1, 0.15) is 5.56 Å². The number of allylic oxidation sites excluding steroid dienone is 1. The van der Waals surface area contributed by atoms with Crippen LogP contribution in [0.4, 0.5) is 11.4 Å². The maximum absolute atomic E-state index is 12.0. The molecule has 3 nitrogen and oxygen atoms in total. The average molecular weight is 402 g/mol. The number of nitrogens with zero attached hydrogens (tertiary/aromatic N) is 2. The molecule has 1 aromatic carbocycles. The van der Waals surface area contributed by atoms with E-state index in [2.05, 4.69) is 21.9 Å². The first kappa shape index (κ1) is 23.8. The summed E-state index contributed by atoms with van der Waals surface area (Å²) in [4.78, 5) is 16.1. The summed E-state index contributed by atoms with van der Waals surface area (Å²) >= 11 is 0. The van der Waals surface area contributed by atoms with Crippen molar-refractivity contribution in [3.05, 3.63) is 93.5 Å². The van der Waals surface area contributed by atoms with Crippen molar-refractivity contribution >= 4 is 23.2 Å². The second-order valence-electron chi connectivity index (χ2n) is 6.37. The van der Waals surface area contributed by atoms with Crippen molar-refractivity contribution in [2.75, 3.05) is 38.0 Å². The van der Waals surface area contributed by atoms with Gasteiger partial charge in [0.1, 0.15) is 0 Å². The van der Waals surface area contributed by atoms with Crippen molar-refractivity contribution in [3.63, 3.8) is 0 Å². The molecule has 0 saturated heterocycles. The van der Waals surface area contributed by atoms with Crippen LogP contribution in [-0.2, 0) is 21.9 Å². The molecule has 140 valence electrons. The van der Waals surface area contributed by atoms with Crippen LogP contribution >= 0.6 is 0 Å². The number of hydrogen-bond donors (Lipinski definition) is 0. The van der Waals surface area contributed by atoms with E-state index in [1.807, 2.05) is 98.1 Å². The molecular weight excluding hydrogens is 376 g/mol. The Bertz CT molecular complexity index is 593. The van der Waals surface area contributed by atoms with Gasteiger partial charge in [-0.25, -0.2) is 0 Å². The molecule has 0 amide bonds. The summed E-state index contributed by atoms with van der Waals surface area (Å²) in [5, 5.41) is 0. The maximum atomic E-state index is 12.0. The Morgan fingerprint density at radius 2 is 1.37 bits per heavy atom. The molecule has 0 heterocycles. The van der Waals surface area contributed by atoms with Crippen LogP contribution in [-0.4, -0.2) is 34.0 Å². The summed E-state index contributed by atoms with van der Waals surface area (Å²) < 4.78 is 0. The third-order valence-corrected chi connectivity index (χ3v) is 3.93. The van der Waals surface area contributed by atoms with Crippen molar-refractivity contribution in [3.8, 4) is 0 Å². The Balaban J connectivity index is 0.000000526. The van der Waals surface area contributed by atoms with Gasteiger partial charge >= 0.3 is 17.1 Å². The van der Waals surface area contributed by atoms with Gasteiger partial charge in [-0.1, -0.05) is 6.07 Å². The van der Waals surface area contributed by atoms with E-state index in [1.165, 1.54) is 0 Å². The van der Waals surface area contributed by atoms with Gasteiger partial charge in [-0.3, -0.25) is 4.79 Å². The quantitative estimate of drug-likeness (QED) is 0.553. The van der Waals surface area contributed by atoms with Crippen molar-refractivity contribution < 1.29 is 21.9 Å². The molecule has 0 N–H and O–H groups in total.